The molecule has 0 heterocycles. The lowest BCUT2D eigenvalue weighted by Gasteiger charge is -2.13. The summed E-state index contributed by atoms with van der Waals surface area (Å²) in [5.74, 6) is 1.60. The average molecular weight is 337 g/mol. The van der Waals surface area contributed by atoms with Crippen LogP contribution in [-0.4, -0.2) is 29.7 Å². The van der Waals surface area contributed by atoms with Gasteiger partial charge in [0.15, 0.2) is 11.5 Å². The van der Waals surface area contributed by atoms with Crippen molar-refractivity contribution in [1.29, 1.82) is 0 Å². The molecule has 0 saturated carbocycles. The van der Waals surface area contributed by atoms with E-state index >= 15 is 0 Å². The molecule has 7 heteroatoms. The van der Waals surface area contributed by atoms with Gasteiger partial charge in [0.2, 0.25) is 0 Å². The highest BCUT2D eigenvalue weighted by Gasteiger charge is 2.16. The fourth-order valence-corrected chi connectivity index (χ4v) is 3.27. The van der Waals surface area contributed by atoms with Gasteiger partial charge in [0, 0.05) is 6.07 Å². The quantitative estimate of drug-likeness (QED) is 0.877. The van der Waals surface area contributed by atoms with Crippen LogP contribution >= 0.6 is 0 Å². The van der Waals surface area contributed by atoms with E-state index in [2.05, 4.69) is 4.72 Å². The molecule has 0 bridgehead atoms. The molecule has 0 amide bonds. The molecule has 124 valence electrons. The van der Waals surface area contributed by atoms with E-state index in [0.29, 0.717) is 22.9 Å². The molecule has 2 aromatic rings. The third-order valence-corrected chi connectivity index (χ3v) is 4.69. The molecule has 2 aromatic carbocycles. The molecular weight excluding hydrogens is 318 g/mol. The number of rotatable bonds is 6. The Bertz CT molecular complexity index is 802. The molecule has 6 nitrogen and oxygen atoms in total. The number of ether oxygens (including phenoxy) is 3. The van der Waals surface area contributed by atoms with Crippen LogP contribution in [0.25, 0.3) is 0 Å². The fraction of sp³-hybridized carbons (Fsp3) is 0.250. The van der Waals surface area contributed by atoms with Crippen molar-refractivity contribution in [3.63, 3.8) is 0 Å². The number of methoxy groups -OCH3 is 3. The molecule has 0 fully saturated rings. The molecular formula is C16H19NO5S. The third kappa shape index (κ3) is 3.68. The number of nitrogens with one attached hydrogen (secondary N) is 1. The summed E-state index contributed by atoms with van der Waals surface area (Å²) in [6, 6.07) is 9.48. The molecule has 0 aliphatic heterocycles. The van der Waals surface area contributed by atoms with E-state index in [-0.39, 0.29) is 4.90 Å². The van der Waals surface area contributed by atoms with Gasteiger partial charge in [-0.1, -0.05) is 0 Å². The van der Waals surface area contributed by atoms with Gasteiger partial charge in [0.05, 0.1) is 31.9 Å². The Morgan fingerprint density at radius 3 is 2.00 bits per heavy atom. The topological polar surface area (TPSA) is 73.9 Å². The summed E-state index contributed by atoms with van der Waals surface area (Å²) in [4.78, 5) is 0.158. The summed E-state index contributed by atoms with van der Waals surface area (Å²) in [6.45, 7) is 1.79. The highest BCUT2D eigenvalue weighted by Crippen LogP contribution is 2.31. The molecule has 0 unspecified atom stereocenters. The van der Waals surface area contributed by atoms with E-state index in [4.69, 9.17) is 14.2 Å². The van der Waals surface area contributed by atoms with Gasteiger partial charge in [0.25, 0.3) is 10.0 Å². The van der Waals surface area contributed by atoms with Crippen molar-refractivity contribution in [2.24, 2.45) is 0 Å². The van der Waals surface area contributed by atoms with Gasteiger partial charge in [-0.15, -0.1) is 0 Å². The maximum atomic E-state index is 12.5. The van der Waals surface area contributed by atoms with Crippen molar-refractivity contribution in [2.75, 3.05) is 26.1 Å². The SMILES string of the molecule is COc1ccc(S(=O)(=O)Nc2ccc(OC)c(OC)c2)cc1C. The number of sulfonamides is 1. The Balaban J connectivity index is 2.33. The normalized spacial score (nSPS) is 11.0. The first-order chi connectivity index (χ1) is 10.9. The zero-order chi connectivity index (χ0) is 17.0. The van der Waals surface area contributed by atoms with Crippen LogP contribution in [-0.2, 0) is 10.0 Å². The van der Waals surface area contributed by atoms with E-state index in [0.717, 1.165) is 5.56 Å². The van der Waals surface area contributed by atoms with Crippen LogP contribution in [0.1, 0.15) is 5.56 Å². The van der Waals surface area contributed by atoms with Crippen LogP contribution in [0.3, 0.4) is 0 Å². The number of aryl methyl sites for hydroxylation is 1. The molecule has 0 aliphatic rings. The van der Waals surface area contributed by atoms with E-state index in [1.165, 1.54) is 20.3 Å². The second kappa shape index (κ2) is 6.78. The maximum Gasteiger partial charge on any atom is 0.261 e. The van der Waals surface area contributed by atoms with E-state index in [9.17, 15) is 8.42 Å². The van der Waals surface area contributed by atoms with Crippen molar-refractivity contribution >= 4 is 15.7 Å². The largest absolute Gasteiger partial charge is 0.496 e. The van der Waals surface area contributed by atoms with E-state index in [1.54, 1.807) is 44.4 Å². The Morgan fingerprint density at radius 2 is 1.43 bits per heavy atom. The minimum atomic E-state index is -3.71. The smallest absolute Gasteiger partial charge is 0.261 e. The number of hydrogen-bond acceptors (Lipinski definition) is 5. The Labute approximate surface area is 136 Å². The van der Waals surface area contributed by atoms with Crippen molar-refractivity contribution < 1.29 is 22.6 Å². The molecule has 0 atom stereocenters. The van der Waals surface area contributed by atoms with Crippen molar-refractivity contribution in [3.05, 3.63) is 42.0 Å². The zero-order valence-corrected chi connectivity index (χ0v) is 14.2. The first kappa shape index (κ1) is 17.0. The second-order valence-corrected chi connectivity index (χ2v) is 6.49. The summed E-state index contributed by atoms with van der Waals surface area (Å²) in [6.07, 6.45) is 0. The summed E-state index contributed by atoms with van der Waals surface area (Å²) < 4.78 is 42.9. The lowest BCUT2D eigenvalue weighted by atomic mass is 10.2. The lowest BCUT2D eigenvalue weighted by Crippen LogP contribution is -2.13. The Kier molecular flexibility index (Phi) is 5.00. The predicted octanol–water partition coefficient (Wildman–Crippen LogP) is 2.82. The standard InChI is InChI=1S/C16H19NO5S/c1-11-9-13(6-8-14(11)20-2)23(18,19)17-12-5-7-15(21-3)16(10-12)22-4/h5-10,17H,1-4H3. The van der Waals surface area contributed by atoms with Gasteiger partial charge in [-0.2, -0.15) is 0 Å². The van der Waals surface area contributed by atoms with Crippen LogP contribution in [0.2, 0.25) is 0 Å². The van der Waals surface area contributed by atoms with Gasteiger partial charge in [0.1, 0.15) is 5.75 Å². The highest BCUT2D eigenvalue weighted by molar-refractivity contribution is 7.92. The minimum absolute atomic E-state index is 0.158. The molecule has 0 aliphatic carbocycles. The number of hydrogen-bond donors (Lipinski definition) is 1. The zero-order valence-electron chi connectivity index (χ0n) is 13.4. The van der Waals surface area contributed by atoms with Crippen LogP contribution in [0.15, 0.2) is 41.3 Å². The predicted molar refractivity (Wildman–Crippen MR) is 88.1 cm³/mol. The Hall–Kier alpha value is -2.41. The van der Waals surface area contributed by atoms with Gasteiger partial charge in [-0.05, 0) is 42.8 Å². The van der Waals surface area contributed by atoms with Gasteiger partial charge in [-0.3, -0.25) is 4.72 Å². The van der Waals surface area contributed by atoms with E-state index in [1.807, 2.05) is 0 Å². The summed E-state index contributed by atoms with van der Waals surface area (Å²) in [7, 11) is 0.838. The Morgan fingerprint density at radius 1 is 0.826 bits per heavy atom. The van der Waals surface area contributed by atoms with Crippen molar-refractivity contribution in [2.45, 2.75) is 11.8 Å². The minimum Gasteiger partial charge on any atom is -0.496 e. The number of anilines is 1. The van der Waals surface area contributed by atoms with Gasteiger partial charge >= 0.3 is 0 Å². The average Bonchev–Trinajstić information content (AvgIpc) is 2.54. The van der Waals surface area contributed by atoms with Crippen molar-refractivity contribution in [1.82, 2.24) is 0 Å². The molecule has 23 heavy (non-hydrogen) atoms. The number of benzene rings is 2. The molecule has 0 aromatic heterocycles. The first-order valence-electron chi connectivity index (χ1n) is 6.80. The van der Waals surface area contributed by atoms with Crippen LogP contribution in [0.5, 0.6) is 17.2 Å². The molecule has 0 radical (unpaired) electrons. The van der Waals surface area contributed by atoms with Gasteiger partial charge in [-0.25, -0.2) is 8.42 Å². The van der Waals surface area contributed by atoms with Crippen LogP contribution in [0, 0.1) is 6.92 Å². The third-order valence-electron chi connectivity index (χ3n) is 3.31. The van der Waals surface area contributed by atoms with E-state index < -0.39 is 10.0 Å². The maximum absolute atomic E-state index is 12.5. The first-order valence-corrected chi connectivity index (χ1v) is 8.29. The highest BCUT2D eigenvalue weighted by atomic mass is 32.2. The summed E-state index contributed by atoms with van der Waals surface area (Å²) in [5.41, 5.74) is 1.12. The van der Waals surface area contributed by atoms with Crippen LogP contribution in [0.4, 0.5) is 5.69 Å². The second-order valence-electron chi connectivity index (χ2n) is 4.81. The molecule has 1 N–H and O–H groups in total. The molecule has 0 spiro atoms. The van der Waals surface area contributed by atoms with Crippen LogP contribution < -0.4 is 18.9 Å². The molecule has 2 rings (SSSR count). The monoisotopic (exact) mass is 337 g/mol. The lowest BCUT2D eigenvalue weighted by molar-refractivity contribution is 0.355. The summed E-state index contributed by atoms with van der Waals surface area (Å²) >= 11 is 0. The summed E-state index contributed by atoms with van der Waals surface area (Å²) in [5, 5.41) is 0. The van der Waals surface area contributed by atoms with Gasteiger partial charge < -0.3 is 14.2 Å². The van der Waals surface area contributed by atoms with Crippen molar-refractivity contribution in [3.8, 4) is 17.2 Å². The molecule has 0 saturated heterocycles. The fourth-order valence-electron chi connectivity index (χ4n) is 2.13.